The van der Waals surface area contributed by atoms with Crippen LogP contribution in [0.4, 0.5) is 19.0 Å². The number of carbonyl (C=O) groups excluding carboxylic acids is 2. The molecule has 0 atom stereocenters. The molecule has 11 heteroatoms. The Hall–Kier alpha value is -2.33. The first-order valence-corrected chi connectivity index (χ1v) is 10.6. The first-order valence-electron chi connectivity index (χ1n) is 9.31. The summed E-state index contributed by atoms with van der Waals surface area (Å²) < 4.78 is 38.4. The Morgan fingerprint density at radius 1 is 1.23 bits per heavy atom. The minimum Gasteiger partial charge on any atom is -0.354 e. The molecule has 1 aliphatic rings. The van der Waals surface area contributed by atoms with Gasteiger partial charge in [0.05, 0.1) is 10.6 Å². The quantitative estimate of drug-likeness (QED) is 0.739. The van der Waals surface area contributed by atoms with E-state index >= 15 is 0 Å². The van der Waals surface area contributed by atoms with Crippen molar-refractivity contribution in [1.29, 1.82) is 0 Å². The summed E-state index contributed by atoms with van der Waals surface area (Å²) in [5.41, 5.74) is -0.328. The van der Waals surface area contributed by atoms with E-state index in [-0.39, 0.29) is 35.6 Å². The van der Waals surface area contributed by atoms with Crippen molar-refractivity contribution in [1.82, 2.24) is 15.2 Å². The number of nitrogens with one attached hydrogen (secondary N) is 1. The van der Waals surface area contributed by atoms with Crippen molar-refractivity contribution >= 4 is 40.6 Å². The van der Waals surface area contributed by atoms with Gasteiger partial charge in [0, 0.05) is 56.3 Å². The molecule has 30 heavy (non-hydrogen) atoms. The number of amides is 2. The van der Waals surface area contributed by atoms with Gasteiger partial charge in [-0.2, -0.15) is 24.5 Å². The lowest BCUT2D eigenvalue weighted by atomic mass is 10.2. The number of alkyl halides is 3. The van der Waals surface area contributed by atoms with Crippen molar-refractivity contribution in [3.63, 3.8) is 0 Å². The summed E-state index contributed by atoms with van der Waals surface area (Å²) >= 11 is 7.46. The van der Waals surface area contributed by atoms with Gasteiger partial charge in [-0.25, -0.2) is 4.98 Å². The molecule has 3 heterocycles. The Kier molecular flexibility index (Phi) is 7.19. The molecular formula is C19H20ClF3N4O2S. The molecule has 3 rings (SSSR count). The second kappa shape index (κ2) is 9.65. The predicted octanol–water partition coefficient (Wildman–Crippen LogP) is 3.67. The maximum atomic E-state index is 12.8. The number of nitrogens with zero attached hydrogens (tertiary/aromatic N) is 3. The number of halogens is 4. The number of anilines is 1. The normalized spacial score (nSPS) is 15.1. The predicted molar refractivity (Wildman–Crippen MR) is 109 cm³/mol. The Bertz CT molecular complexity index is 892. The summed E-state index contributed by atoms with van der Waals surface area (Å²) in [7, 11) is 0. The van der Waals surface area contributed by atoms with Crippen molar-refractivity contribution in [2.24, 2.45) is 0 Å². The first kappa shape index (κ1) is 22.4. The molecule has 2 aromatic heterocycles. The molecule has 0 aromatic carbocycles. The van der Waals surface area contributed by atoms with E-state index in [9.17, 15) is 22.8 Å². The van der Waals surface area contributed by atoms with Crippen LogP contribution >= 0.6 is 22.9 Å². The largest absolute Gasteiger partial charge is 0.417 e. The zero-order valence-corrected chi connectivity index (χ0v) is 17.5. The van der Waals surface area contributed by atoms with Crippen molar-refractivity contribution in [3.05, 3.63) is 45.2 Å². The van der Waals surface area contributed by atoms with E-state index in [1.165, 1.54) is 11.3 Å². The second-order valence-corrected chi connectivity index (χ2v) is 7.95. The zero-order valence-electron chi connectivity index (χ0n) is 15.9. The van der Waals surface area contributed by atoms with Gasteiger partial charge in [0.1, 0.15) is 5.82 Å². The molecule has 2 amide bonds. The molecule has 0 saturated carbocycles. The molecule has 0 aliphatic carbocycles. The fourth-order valence-corrected chi connectivity index (χ4v) is 4.06. The molecule has 2 aromatic rings. The van der Waals surface area contributed by atoms with Crippen molar-refractivity contribution in [3.8, 4) is 0 Å². The van der Waals surface area contributed by atoms with Crippen LogP contribution in [0.2, 0.25) is 5.02 Å². The van der Waals surface area contributed by atoms with Gasteiger partial charge in [0.2, 0.25) is 5.91 Å². The average Bonchev–Trinajstić information content (AvgIpc) is 3.12. The molecule has 6 nitrogen and oxygen atoms in total. The third-order valence-electron chi connectivity index (χ3n) is 4.71. The van der Waals surface area contributed by atoms with Gasteiger partial charge in [-0.3, -0.25) is 9.59 Å². The van der Waals surface area contributed by atoms with Crippen LogP contribution in [0.15, 0.2) is 29.1 Å². The van der Waals surface area contributed by atoms with Crippen LogP contribution in [0.25, 0.3) is 0 Å². The summed E-state index contributed by atoms with van der Waals surface area (Å²) in [6.07, 6.45) is -2.93. The zero-order chi connectivity index (χ0) is 21.7. The lowest BCUT2D eigenvalue weighted by molar-refractivity contribution is -0.137. The number of pyridine rings is 1. The van der Waals surface area contributed by atoms with Gasteiger partial charge in [-0.05, 0) is 23.9 Å². The van der Waals surface area contributed by atoms with E-state index in [4.69, 9.17) is 11.6 Å². The molecule has 0 spiro atoms. The van der Waals surface area contributed by atoms with E-state index in [2.05, 4.69) is 10.3 Å². The molecular weight excluding hydrogens is 441 g/mol. The van der Waals surface area contributed by atoms with Crippen LogP contribution < -0.4 is 10.2 Å². The Morgan fingerprint density at radius 2 is 2.03 bits per heavy atom. The number of rotatable bonds is 5. The van der Waals surface area contributed by atoms with Gasteiger partial charge in [0.25, 0.3) is 5.91 Å². The minimum absolute atomic E-state index is 0.0688. The number of hydrogen-bond donors (Lipinski definition) is 1. The van der Waals surface area contributed by atoms with E-state index in [1.807, 2.05) is 0 Å². The fourth-order valence-electron chi connectivity index (χ4n) is 3.13. The summed E-state index contributed by atoms with van der Waals surface area (Å²) in [6.45, 7) is 2.09. The molecule has 162 valence electrons. The Labute approximate surface area is 180 Å². The number of thiophene rings is 1. The van der Waals surface area contributed by atoms with Crippen LogP contribution in [0.1, 0.15) is 28.8 Å². The lowest BCUT2D eigenvalue weighted by Gasteiger charge is -2.24. The van der Waals surface area contributed by atoms with Crippen LogP contribution in [-0.4, -0.2) is 54.4 Å². The highest BCUT2D eigenvalue weighted by molar-refractivity contribution is 7.08. The minimum atomic E-state index is -4.50. The maximum absolute atomic E-state index is 12.8. The van der Waals surface area contributed by atoms with Gasteiger partial charge in [0.15, 0.2) is 0 Å². The molecule has 1 N–H and O–H groups in total. The van der Waals surface area contributed by atoms with E-state index in [1.54, 1.807) is 26.6 Å². The third-order valence-corrected chi connectivity index (χ3v) is 5.67. The summed E-state index contributed by atoms with van der Waals surface area (Å²) in [4.78, 5) is 31.8. The highest BCUT2D eigenvalue weighted by Gasteiger charge is 2.32. The third kappa shape index (κ3) is 5.63. The Morgan fingerprint density at radius 3 is 2.70 bits per heavy atom. The van der Waals surface area contributed by atoms with Gasteiger partial charge < -0.3 is 15.1 Å². The highest BCUT2D eigenvalue weighted by atomic mass is 35.5. The van der Waals surface area contributed by atoms with Crippen LogP contribution in [-0.2, 0) is 11.0 Å². The van der Waals surface area contributed by atoms with Crippen molar-refractivity contribution in [2.75, 3.05) is 37.6 Å². The summed E-state index contributed by atoms with van der Waals surface area (Å²) in [5.74, 6) is -0.0231. The lowest BCUT2D eigenvalue weighted by Crippen LogP contribution is -2.37. The van der Waals surface area contributed by atoms with Crippen LogP contribution in [0.5, 0.6) is 0 Å². The molecule has 0 unspecified atom stereocenters. The molecule has 0 bridgehead atoms. The van der Waals surface area contributed by atoms with Gasteiger partial charge in [-0.1, -0.05) is 11.6 Å². The SMILES string of the molecule is O=C(NCCC(=O)N1CCCN(c2ncc(C(F)(F)F)cc2Cl)CC1)c1ccsc1. The fraction of sp³-hybridized carbons (Fsp3) is 0.421. The van der Waals surface area contributed by atoms with Crippen LogP contribution in [0.3, 0.4) is 0 Å². The Balaban J connectivity index is 1.52. The maximum Gasteiger partial charge on any atom is 0.417 e. The smallest absolute Gasteiger partial charge is 0.354 e. The second-order valence-electron chi connectivity index (χ2n) is 6.77. The summed E-state index contributed by atoms with van der Waals surface area (Å²) in [5, 5.41) is 6.20. The van der Waals surface area contributed by atoms with E-state index < -0.39 is 11.7 Å². The monoisotopic (exact) mass is 460 g/mol. The molecule has 1 aliphatic heterocycles. The van der Waals surface area contributed by atoms with E-state index in [0.29, 0.717) is 38.2 Å². The van der Waals surface area contributed by atoms with Gasteiger partial charge >= 0.3 is 6.18 Å². The summed E-state index contributed by atoms with van der Waals surface area (Å²) in [6, 6.07) is 2.58. The molecule has 0 radical (unpaired) electrons. The van der Waals surface area contributed by atoms with Crippen molar-refractivity contribution in [2.45, 2.75) is 19.0 Å². The molecule has 1 saturated heterocycles. The topological polar surface area (TPSA) is 65.5 Å². The van der Waals surface area contributed by atoms with E-state index in [0.717, 1.165) is 12.3 Å². The standard InChI is InChI=1S/C19H20ClF3N4O2S/c20-15-10-14(19(21,22)23)11-25-17(15)27-6-1-5-26(7-8-27)16(28)2-4-24-18(29)13-3-9-30-12-13/h3,9-12H,1-2,4-8H2,(H,24,29). The number of hydrogen-bond acceptors (Lipinski definition) is 5. The van der Waals surface area contributed by atoms with Crippen molar-refractivity contribution < 1.29 is 22.8 Å². The first-order chi connectivity index (χ1) is 14.3. The number of carbonyl (C=O) groups is 2. The average molecular weight is 461 g/mol. The molecule has 1 fully saturated rings. The van der Waals surface area contributed by atoms with Gasteiger partial charge in [-0.15, -0.1) is 0 Å². The van der Waals surface area contributed by atoms with Crippen LogP contribution in [0, 0.1) is 0 Å². The number of aromatic nitrogens is 1. The highest BCUT2D eigenvalue weighted by Crippen LogP contribution is 2.33.